The zero-order valence-electron chi connectivity index (χ0n) is 12.9. The summed E-state index contributed by atoms with van der Waals surface area (Å²) in [5.74, 6) is 1.47. The minimum absolute atomic E-state index is 0.433. The first kappa shape index (κ1) is 17.1. The van der Waals surface area contributed by atoms with Gasteiger partial charge in [0.05, 0.1) is 12.4 Å². The number of hydrogen-bond donors (Lipinski definition) is 2. The second-order valence-corrected chi connectivity index (χ2v) is 4.72. The molecule has 2 rings (SSSR count). The van der Waals surface area contributed by atoms with Crippen LogP contribution >= 0.6 is 0 Å². The first-order chi connectivity index (χ1) is 11.8. The number of nitrogens with zero attached hydrogens (tertiary/aromatic N) is 2. The fourth-order valence-electron chi connectivity index (χ4n) is 1.86. The third kappa shape index (κ3) is 5.84. The second-order valence-electron chi connectivity index (χ2n) is 4.72. The molecule has 0 saturated heterocycles. The van der Waals surface area contributed by atoms with Crippen LogP contribution in [0.25, 0.3) is 0 Å². The van der Waals surface area contributed by atoms with Gasteiger partial charge in [-0.05, 0) is 71.8 Å². The third-order valence-corrected chi connectivity index (χ3v) is 3.03. The van der Waals surface area contributed by atoms with Crippen molar-refractivity contribution in [2.24, 2.45) is 10.3 Å². The Bertz CT molecular complexity index is 630. The topological polar surface area (TPSA) is 83.6 Å². The van der Waals surface area contributed by atoms with Crippen molar-refractivity contribution in [2.75, 3.05) is 13.2 Å². The van der Waals surface area contributed by atoms with E-state index in [9.17, 15) is 0 Å². The lowest BCUT2D eigenvalue weighted by Gasteiger charge is -2.04. The van der Waals surface area contributed by atoms with E-state index in [2.05, 4.69) is 10.3 Å². The fraction of sp³-hybridized carbons (Fsp3) is 0.111. The molecule has 0 fully saturated rings. The van der Waals surface area contributed by atoms with Gasteiger partial charge in [-0.3, -0.25) is 0 Å². The Hall–Kier alpha value is -3.28. The van der Waals surface area contributed by atoms with Gasteiger partial charge in [-0.2, -0.15) is 0 Å². The van der Waals surface area contributed by atoms with Gasteiger partial charge in [0, 0.05) is 0 Å². The summed E-state index contributed by atoms with van der Waals surface area (Å²) in [6.45, 7) is 0.866. The highest BCUT2D eigenvalue weighted by Crippen LogP contribution is 2.12. The van der Waals surface area contributed by atoms with Gasteiger partial charge in [0.1, 0.15) is 24.7 Å². The lowest BCUT2D eigenvalue weighted by atomic mass is 10.2. The fourth-order valence-corrected chi connectivity index (χ4v) is 1.86. The molecule has 2 aromatic carbocycles. The van der Waals surface area contributed by atoms with Crippen molar-refractivity contribution in [3.05, 3.63) is 71.8 Å². The maximum atomic E-state index is 8.43. The van der Waals surface area contributed by atoms with Gasteiger partial charge in [0.2, 0.25) is 0 Å². The van der Waals surface area contributed by atoms with Crippen LogP contribution in [0.1, 0.15) is 11.1 Å². The predicted molar refractivity (Wildman–Crippen MR) is 91.8 cm³/mol. The van der Waals surface area contributed by atoms with E-state index in [1.165, 1.54) is 12.4 Å². The molecule has 0 amide bonds. The molecule has 0 spiro atoms. The number of ether oxygens (including phenoxy) is 2. The van der Waals surface area contributed by atoms with Crippen LogP contribution < -0.4 is 9.47 Å². The molecule has 0 aliphatic rings. The molecule has 2 aromatic rings. The van der Waals surface area contributed by atoms with E-state index in [0.717, 1.165) is 22.6 Å². The van der Waals surface area contributed by atoms with Crippen LogP contribution in [-0.4, -0.2) is 36.1 Å². The summed E-state index contributed by atoms with van der Waals surface area (Å²) in [6, 6.07) is 14.4. The zero-order valence-corrected chi connectivity index (χ0v) is 12.9. The molecule has 6 heteroatoms. The van der Waals surface area contributed by atoms with E-state index in [-0.39, 0.29) is 0 Å². The molecule has 2 N–H and O–H groups in total. The lowest BCUT2D eigenvalue weighted by molar-refractivity contribution is 0.321. The van der Waals surface area contributed by atoms with Crippen molar-refractivity contribution >= 4 is 12.4 Å². The Kier molecular flexibility index (Phi) is 6.89. The normalized spacial score (nSPS) is 11.5. The summed E-state index contributed by atoms with van der Waals surface area (Å²) in [6.07, 6.45) is 6.44. The molecule has 0 heterocycles. The standard InChI is InChI=1S/C18H18N2O4/c21-19-13-15-3-7-17(8-4-15)23-11-1-2-12-24-18-9-5-16(6-10-18)14-20-22/h1-10,13-14,21-22H,11-12H2/b2-1-,19-13+,20-14+. The first-order valence-corrected chi connectivity index (χ1v) is 7.27. The maximum Gasteiger partial charge on any atom is 0.119 e. The van der Waals surface area contributed by atoms with Gasteiger partial charge in [0.25, 0.3) is 0 Å². The summed E-state index contributed by atoms with van der Waals surface area (Å²) < 4.78 is 11.1. The van der Waals surface area contributed by atoms with Crippen molar-refractivity contribution in [1.82, 2.24) is 0 Å². The van der Waals surface area contributed by atoms with Crippen LogP contribution in [0.4, 0.5) is 0 Å². The van der Waals surface area contributed by atoms with Crippen molar-refractivity contribution in [1.29, 1.82) is 0 Å². The average Bonchev–Trinajstić information content (AvgIpc) is 2.61. The predicted octanol–water partition coefficient (Wildman–Crippen LogP) is 3.32. The van der Waals surface area contributed by atoms with Crippen molar-refractivity contribution in [3.63, 3.8) is 0 Å². The molecule has 6 nitrogen and oxygen atoms in total. The van der Waals surface area contributed by atoms with Gasteiger partial charge in [0.15, 0.2) is 0 Å². The third-order valence-electron chi connectivity index (χ3n) is 3.03. The van der Waals surface area contributed by atoms with Gasteiger partial charge in [-0.15, -0.1) is 0 Å². The molecule has 24 heavy (non-hydrogen) atoms. The number of hydrogen-bond acceptors (Lipinski definition) is 6. The molecule has 0 aromatic heterocycles. The molecule has 124 valence electrons. The van der Waals surface area contributed by atoms with E-state index in [4.69, 9.17) is 19.9 Å². The Morgan fingerprint density at radius 2 is 1.04 bits per heavy atom. The summed E-state index contributed by atoms with van der Waals surface area (Å²) in [4.78, 5) is 0. The van der Waals surface area contributed by atoms with Crippen LogP contribution in [-0.2, 0) is 0 Å². The largest absolute Gasteiger partial charge is 0.490 e. The van der Waals surface area contributed by atoms with Crippen LogP contribution in [0.5, 0.6) is 11.5 Å². The Labute approximate surface area is 140 Å². The quantitative estimate of drug-likeness (QED) is 0.337. The molecular formula is C18H18N2O4. The van der Waals surface area contributed by atoms with Crippen LogP contribution in [0.15, 0.2) is 71.0 Å². The minimum Gasteiger partial charge on any atom is -0.490 e. The average molecular weight is 326 g/mol. The van der Waals surface area contributed by atoms with E-state index >= 15 is 0 Å². The highest BCUT2D eigenvalue weighted by atomic mass is 16.5. The van der Waals surface area contributed by atoms with Gasteiger partial charge in [-0.25, -0.2) is 0 Å². The molecule has 0 radical (unpaired) electrons. The summed E-state index contributed by atoms with van der Waals surface area (Å²) in [5, 5.41) is 22.8. The zero-order chi connectivity index (χ0) is 17.0. The first-order valence-electron chi connectivity index (χ1n) is 7.27. The Balaban J connectivity index is 1.69. The van der Waals surface area contributed by atoms with Gasteiger partial charge in [-0.1, -0.05) is 10.3 Å². The molecule has 0 aliphatic heterocycles. The lowest BCUT2D eigenvalue weighted by Crippen LogP contribution is -1.97. The molecule has 0 unspecified atom stereocenters. The number of rotatable bonds is 8. The van der Waals surface area contributed by atoms with Crippen LogP contribution in [0, 0.1) is 0 Å². The van der Waals surface area contributed by atoms with E-state index in [1.807, 2.05) is 12.2 Å². The number of oxime groups is 2. The van der Waals surface area contributed by atoms with E-state index in [0.29, 0.717) is 13.2 Å². The summed E-state index contributed by atoms with van der Waals surface area (Å²) in [5.41, 5.74) is 1.59. The minimum atomic E-state index is 0.433. The SMILES string of the molecule is O/N=C/c1ccc(OC/C=C\COc2ccc(/C=N/O)cc2)cc1. The maximum absolute atomic E-state index is 8.43. The highest BCUT2D eigenvalue weighted by molar-refractivity contribution is 5.79. The molecular weight excluding hydrogens is 308 g/mol. The van der Waals surface area contributed by atoms with Crippen molar-refractivity contribution in [2.45, 2.75) is 0 Å². The van der Waals surface area contributed by atoms with Gasteiger partial charge >= 0.3 is 0 Å². The second kappa shape index (κ2) is 9.68. The summed E-state index contributed by atoms with van der Waals surface area (Å²) in [7, 11) is 0. The molecule has 0 aliphatic carbocycles. The highest BCUT2D eigenvalue weighted by Gasteiger charge is 1.94. The van der Waals surface area contributed by atoms with Gasteiger partial charge < -0.3 is 19.9 Å². The Morgan fingerprint density at radius 3 is 1.38 bits per heavy atom. The number of benzene rings is 2. The van der Waals surface area contributed by atoms with Crippen LogP contribution in [0.3, 0.4) is 0 Å². The van der Waals surface area contributed by atoms with E-state index < -0.39 is 0 Å². The molecule has 0 atom stereocenters. The smallest absolute Gasteiger partial charge is 0.119 e. The van der Waals surface area contributed by atoms with Crippen LogP contribution in [0.2, 0.25) is 0 Å². The van der Waals surface area contributed by atoms with Crippen molar-refractivity contribution in [3.8, 4) is 11.5 Å². The summed E-state index contributed by atoms with van der Waals surface area (Å²) >= 11 is 0. The van der Waals surface area contributed by atoms with Crippen molar-refractivity contribution < 1.29 is 19.9 Å². The van der Waals surface area contributed by atoms with E-state index in [1.54, 1.807) is 48.5 Å². The molecule has 0 bridgehead atoms. The molecule has 0 saturated carbocycles. The Morgan fingerprint density at radius 1 is 0.667 bits per heavy atom. The monoisotopic (exact) mass is 326 g/mol.